The maximum atomic E-state index is 5.35. The van der Waals surface area contributed by atoms with Crippen molar-refractivity contribution in [1.29, 1.82) is 0 Å². The van der Waals surface area contributed by atoms with Crippen LogP contribution in [0.3, 0.4) is 0 Å². The van der Waals surface area contributed by atoms with Gasteiger partial charge in [0.05, 0.1) is 18.7 Å². The Bertz CT molecular complexity index is 547. The number of fused-ring (bicyclic) bond motifs is 1. The van der Waals surface area contributed by atoms with Crippen molar-refractivity contribution in [1.82, 2.24) is 15.2 Å². The van der Waals surface area contributed by atoms with Crippen molar-refractivity contribution in [2.45, 2.75) is 6.54 Å². The molecule has 0 unspecified atom stereocenters. The molecule has 0 saturated carbocycles. The van der Waals surface area contributed by atoms with Crippen molar-refractivity contribution in [2.24, 2.45) is 0 Å². The van der Waals surface area contributed by atoms with Crippen molar-refractivity contribution in [2.75, 3.05) is 39.4 Å². The molecule has 0 aliphatic carbocycles. The molecule has 106 valence electrons. The molecule has 1 aromatic heterocycles. The van der Waals surface area contributed by atoms with Gasteiger partial charge in [-0.15, -0.1) is 0 Å². The van der Waals surface area contributed by atoms with Crippen LogP contribution in [0.15, 0.2) is 36.5 Å². The van der Waals surface area contributed by atoms with E-state index in [4.69, 9.17) is 4.74 Å². The predicted molar refractivity (Wildman–Crippen MR) is 80.7 cm³/mol. The van der Waals surface area contributed by atoms with Crippen LogP contribution in [0.25, 0.3) is 10.9 Å². The van der Waals surface area contributed by atoms with Crippen LogP contribution < -0.4 is 5.32 Å². The molecule has 0 spiro atoms. The van der Waals surface area contributed by atoms with Crippen LogP contribution in [0.2, 0.25) is 0 Å². The van der Waals surface area contributed by atoms with Gasteiger partial charge < -0.3 is 10.1 Å². The standard InChI is InChI=1S/C16H21N3O/c1-3-14-5-2-6-18-16(14)15(4-1)13-17-7-8-19-9-11-20-12-10-19/h1-6,17H,7-13H2. The maximum Gasteiger partial charge on any atom is 0.0746 e. The first-order valence-electron chi connectivity index (χ1n) is 7.27. The van der Waals surface area contributed by atoms with E-state index < -0.39 is 0 Å². The molecule has 4 heteroatoms. The first-order valence-corrected chi connectivity index (χ1v) is 7.27. The molecule has 20 heavy (non-hydrogen) atoms. The zero-order valence-electron chi connectivity index (χ0n) is 11.7. The maximum absolute atomic E-state index is 5.35. The Morgan fingerprint density at radius 2 is 2.00 bits per heavy atom. The summed E-state index contributed by atoms with van der Waals surface area (Å²) in [5.74, 6) is 0. The highest BCUT2D eigenvalue weighted by molar-refractivity contribution is 5.81. The second-order valence-corrected chi connectivity index (χ2v) is 5.12. The summed E-state index contributed by atoms with van der Waals surface area (Å²) in [7, 11) is 0. The lowest BCUT2D eigenvalue weighted by atomic mass is 10.1. The SMILES string of the molecule is c1cnc2c(CNCCN3CCOCC3)cccc2c1. The minimum Gasteiger partial charge on any atom is -0.379 e. The van der Waals surface area contributed by atoms with Gasteiger partial charge in [-0.2, -0.15) is 0 Å². The summed E-state index contributed by atoms with van der Waals surface area (Å²) in [4.78, 5) is 6.93. The van der Waals surface area contributed by atoms with E-state index in [-0.39, 0.29) is 0 Å². The number of nitrogens with one attached hydrogen (secondary N) is 1. The molecule has 1 aliphatic heterocycles. The molecule has 3 rings (SSSR count). The fourth-order valence-electron chi connectivity index (χ4n) is 2.60. The normalized spacial score (nSPS) is 16.6. The number of morpholine rings is 1. The van der Waals surface area contributed by atoms with E-state index in [1.165, 1.54) is 10.9 Å². The van der Waals surface area contributed by atoms with Crippen LogP contribution >= 0.6 is 0 Å². The minimum absolute atomic E-state index is 0.868. The van der Waals surface area contributed by atoms with Gasteiger partial charge in [0, 0.05) is 44.3 Å². The highest BCUT2D eigenvalue weighted by atomic mass is 16.5. The van der Waals surface area contributed by atoms with Gasteiger partial charge in [0.15, 0.2) is 0 Å². The summed E-state index contributed by atoms with van der Waals surface area (Å²) in [6, 6.07) is 10.5. The summed E-state index contributed by atoms with van der Waals surface area (Å²) in [6.07, 6.45) is 1.86. The van der Waals surface area contributed by atoms with Crippen LogP contribution in [0.5, 0.6) is 0 Å². The summed E-state index contributed by atoms with van der Waals surface area (Å²) in [5, 5.41) is 4.73. The summed E-state index contributed by atoms with van der Waals surface area (Å²) in [6.45, 7) is 6.80. The molecule has 1 aromatic carbocycles. The number of rotatable bonds is 5. The highest BCUT2D eigenvalue weighted by Gasteiger charge is 2.09. The van der Waals surface area contributed by atoms with E-state index in [1.54, 1.807) is 0 Å². The van der Waals surface area contributed by atoms with Gasteiger partial charge in [-0.1, -0.05) is 24.3 Å². The third-order valence-corrected chi connectivity index (χ3v) is 3.74. The second kappa shape index (κ2) is 6.79. The average molecular weight is 271 g/mol. The average Bonchev–Trinajstić information content (AvgIpc) is 2.53. The molecule has 0 atom stereocenters. The summed E-state index contributed by atoms with van der Waals surface area (Å²) < 4.78 is 5.35. The van der Waals surface area contributed by atoms with Gasteiger partial charge in [0.1, 0.15) is 0 Å². The van der Waals surface area contributed by atoms with Crippen LogP contribution in [0, 0.1) is 0 Å². The van der Waals surface area contributed by atoms with Gasteiger partial charge in [0.25, 0.3) is 0 Å². The molecule has 4 nitrogen and oxygen atoms in total. The number of hydrogen-bond donors (Lipinski definition) is 1. The van der Waals surface area contributed by atoms with Crippen molar-refractivity contribution in [3.63, 3.8) is 0 Å². The largest absolute Gasteiger partial charge is 0.379 e. The number of para-hydroxylation sites is 1. The highest BCUT2D eigenvalue weighted by Crippen LogP contribution is 2.15. The van der Waals surface area contributed by atoms with E-state index in [1.807, 2.05) is 12.3 Å². The number of nitrogens with zero attached hydrogens (tertiary/aromatic N) is 2. The van der Waals surface area contributed by atoms with Crippen LogP contribution in [0.4, 0.5) is 0 Å². The second-order valence-electron chi connectivity index (χ2n) is 5.12. The van der Waals surface area contributed by atoms with Gasteiger partial charge in [0.2, 0.25) is 0 Å². The van der Waals surface area contributed by atoms with Crippen LogP contribution in [-0.4, -0.2) is 49.3 Å². The van der Waals surface area contributed by atoms with Crippen molar-refractivity contribution >= 4 is 10.9 Å². The number of pyridine rings is 1. The lowest BCUT2D eigenvalue weighted by Gasteiger charge is -2.26. The molecule has 0 radical (unpaired) electrons. The Morgan fingerprint density at radius 3 is 2.90 bits per heavy atom. The Morgan fingerprint density at radius 1 is 1.15 bits per heavy atom. The van der Waals surface area contributed by atoms with E-state index >= 15 is 0 Å². The minimum atomic E-state index is 0.868. The van der Waals surface area contributed by atoms with Crippen molar-refractivity contribution in [3.8, 4) is 0 Å². The Labute approximate surface area is 119 Å². The molecule has 1 fully saturated rings. The monoisotopic (exact) mass is 271 g/mol. The Kier molecular flexibility index (Phi) is 4.58. The van der Waals surface area contributed by atoms with E-state index in [0.29, 0.717) is 0 Å². The molecule has 0 bridgehead atoms. The fraction of sp³-hybridized carbons (Fsp3) is 0.438. The Balaban J connectivity index is 1.52. The first kappa shape index (κ1) is 13.5. The molecule has 2 aromatic rings. The third kappa shape index (κ3) is 3.33. The van der Waals surface area contributed by atoms with Gasteiger partial charge >= 0.3 is 0 Å². The van der Waals surface area contributed by atoms with Crippen LogP contribution in [-0.2, 0) is 11.3 Å². The molecular formula is C16H21N3O. The van der Waals surface area contributed by atoms with Gasteiger partial charge in [-0.25, -0.2) is 0 Å². The lowest BCUT2D eigenvalue weighted by molar-refractivity contribution is 0.0384. The quantitative estimate of drug-likeness (QED) is 0.839. The number of ether oxygens (including phenoxy) is 1. The summed E-state index contributed by atoms with van der Waals surface area (Å²) >= 11 is 0. The number of benzene rings is 1. The first-order chi connectivity index (χ1) is 9.93. The smallest absolute Gasteiger partial charge is 0.0746 e. The molecule has 1 N–H and O–H groups in total. The predicted octanol–water partition coefficient (Wildman–Crippen LogP) is 1.66. The van der Waals surface area contributed by atoms with Crippen molar-refractivity contribution in [3.05, 3.63) is 42.1 Å². The molecule has 0 amide bonds. The van der Waals surface area contributed by atoms with E-state index in [9.17, 15) is 0 Å². The fourth-order valence-corrected chi connectivity index (χ4v) is 2.60. The van der Waals surface area contributed by atoms with Crippen LogP contribution in [0.1, 0.15) is 5.56 Å². The third-order valence-electron chi connectivity index (χ3n) is 3.74. The van der Waals surface area contributed by atoms with Gasteiger partial charge in [-0.3, -0.25) is 9.88 Å². The zero-order valence-corrected chi connectivity index (χ0v) is 11.7. The van der Waals surface area contributed by atoms with E-state index in [0.717, 1.165) is 51.5 Å². The molecule has 1 aliphatic rings. The van der Waals surface area contributed by atoms with E-state index in [2.05, 4.69) is 39.5 Å². The van der Waals surface area contributed by atoms with Crippen molar-refractivity contribution < 1.29 is 4.74 Å². The molecular weight excluding hydrogens is 250 g/mol. The topological polar surface area (TPSA) is 37.4 Å². The lowest BCUT2D eigenvalue weighted by Crippen LogP contribution is -2.40. The van der Waals surface area contributed by atoms with Gasteiger partial charge in [-0.05, 0) is 11.6 Å². The summed E-state index contributed by atoms with van der Waals surface area (Å²) in [5.41, 5.74) is 2.37. The molecule has 2 heterocycles. The molecule has 1 saturated heterocycles. The number of aromatic nitrogens is 1. The zero-order chi connectivity index (χ0) is 13.6. The number of hydrogen-bond acceptors (Lipinski definition) is 4. The Hall–Kier alpha value is -1.49.